The first-order chi connectivity index (χ1) is 10.3. The Hall–Kier alpha value is -1.74. The molecule has 0 atom stereocenters. The second kappa shape index (κ2) is 17.3. The van der Waals surface area contributed by atoms with Crippen LogP contribution in [-0.4, -0.2) is 0 Å². The lowest BCUT2D eigenvalue weighted by atomic mass is 9.87. The van der Waals surface area contributed by atoms with Crippen molar-refractivity contribution in [2.75, 3.05) is 0 Å². The van der Waals surface area contributed by atoms with Crippen molar-refractivity contribution in [3.05, 3.63) is 60.2 Å². The van der Waals surface area contributed by atoms with Gasteiger partial charge in [0.05, 0.1) is 0 Å². The number of rotatable bonds is 1. The summed E-state index contributed by atoms with van der Waals surface area (Å²) >= 11 is 0. The van der Waals surface area contributed by atoms with Crippen molar-refractivity contribution in [1.29, 1.82) is 0 Å². The van der Waals surface area contributed by atoms with Crippen LogP contribution >= 0.6 is 0 Å². The van der Waals surface area contributed by atoms with Gasteiger partial charge in [-0.3, -0.25) is 0 Å². The third kappa shape index (κ3) is 18.3. The largest absolute Gasteiger partial charge is 0.115 e. The fourth-order valence-electron chi connectivity index (χ4n) is 1.29. The van der Waals surface area contributed by atoms with E-state index in [0.29, 0.717) is 0 Å². The molecule has 0 amide bonds. The standard InChI is InChI=1S/C11H16.C5H10.C4H4.C2H6/c1-9-5-7-10(8-6-9)11(2,3)4;1-3-5-4-2;1-3-4-2;1-2/h5-8H,1-4H3;3,5H,4H2,1-2H3;1,4H,2H2;1-2H3/b;5-3-;;. The van der Waals surface area contributed by atoms with Crippen LogP contribution in [0.1, 0.15) is 66.0 Å². The minimum atomic E-state index is 0.285. The fraction of sp³-hybridized carbons (Fsp3) is 0.455. The summed E-state index contributed by atoms with van der Waals surface area (Å²) in [5.41, 5.74) is 3.02. The third-order valence-electron chi connectivity index (χ3n) is 2.51. The molecule has 0 radical (unpaired) electrons. The molecule has 0 heterocycles. The van der Waals surface area contributed by atoms with E-state index in [4.69, 9.17) is 0 Å². The number of terminal acetylenes is 1. The molecular weight excluding hydrogens is 264 g/mol. The van der Waals surface area contributed by atoms with Crippen molar-refractivity contribution in [2.45, 2.75) is 67.2 Å². The van der Waals surface area contributed by atoms with Gasteiger partial charge in [0, 0.05) is 0 Å². The van der Waals surface area contributed by atoms with Gasteiger partial charge in [-0.1, -0.05) is 96.0 Å². The lowest BCUT2D eigenvalue weighted by molar-refractivity contribution is 0.590. The molecule has 0 bridgehead atoms. The number of hydrogen-bond acceptors (Lipinski definition) is 0. The zero-order valence-corrected chi connectivity index (χ0v) is 16.0. The van der Waals surface area contributed by atoms with E-state index in [1.54, 1.807) is 0 Å². The normalized spacial score (nSPS) is 9.05. The summed E-state index contributed by atoms with van der Waals surface area (Å²) < 4.78 is 0. The molecule has 0 aliphatic heterocycles. The van der Waals surface area contributed by atoms with Crippen LogP contribution in [0.3, 0.4) is 0 Å². The minimum Gasteiger partial charge on any atom is -0.115 e. The average molecular weight is 301 g/mol. The molecule has 0 saturated carbocycles. The quantitative estimate of drug-likeness (QED) is 0.383. The molecule has 0 aliphatic carbocycles. The molecule has 1 aromatic carbocycles. The van der Waals surface area contributed by atoms with Gasteiger partial charge in [0.1, 0.15) is 0 Å². The molecule has 1 aromatic rings. The summed E-state index contributed by atoms with van der Waals surface area (Å²) in [6.45, 7) is 20.2. The van der Waals surface area contributed by atoms with Crippen LogP contribution in [0, 0.1) is 19.3 Å². The summed E-state index contributed by atoms with van der Waals surface area (Å²) in [4.78, 5) is 0. The minimum absolute atomic E-state index is 0.285. The second-order valence-corrected chi connectivity index (χ2v) is 5.46. The van der Waals surface area contributed by atoms with Crippen LogP contribution in [0.5, 0.6) is 0 Å². The Morgan fingerprint density at radius 3 is 1.73 bits per heavy atom. The highest BCUT2D eigenvalue weighted by Gasteiger charge is 2.11. The molecule has 0 fully saturated rings. The molecule has 124 valence electrons. The summed E-state index contributed by atoms with van der Waals surface area (Å²) in [5.74, 6) is 2.19. The van der Waals surface area contributed by atoms with E-state index in [1.807, 2.05) is 20.8 Å². The van der Waals surface area contributed by atoms with E-state index in [2.05, 4.69) is 90.0 Å². The molecule has 0 aliphatic rings. The van der Waals surface area contributed by atoms with E-state index in [1.165, 1.54) is 17.2 Å². The van der Waals surface area contributed by atoms with Crippen molar-refractivity contribution in [3.63, 3.8) is 0 Å². The van der Waals surface area contributed by atoms with Gasteiger partial charge in [-0.15, -0.1) is 6.42 Å². The van der Waals surface area contributed by atoms with Crippen molar-refractivity contribution in [2.24, 2.45) is 0 Å². The number of benzene rings is 1. The van der Waals surface area contributed by atoms with Crippen LogP contribution in [0.4, 0.5) is 0 Å². The van der Waals surface area contributed by atoms with Crippen LogP contribution < -0.4 is 0 Å². The highest BCUT2D eigenvalue weighted by Crippen LogP contribution is 2.21. The monoisotopic (exact) mass is 300 g/mol. The Morgan fingerprint density at radius 2 is 1.55 bits per heavy atom. The van der Waals surface area contributed by atoms with E-state index < -0.39 is 0 Å². The Morgan fingerprint density at radius 1 is 1.14 bits per heavy atom. The van der Waals surface area contributed by atoms with Gasteiger partial charge in [-0.25, -0.2) is 0 Å². The average Bonchev–Trinajstić information content (AvgIpc) is 2.50. The van der Waals surface area contributed by atoms with Crippen molar-refractivity contribution >= 4 is 0 Å². The maximum atomic E-state index is 4.66. The first-order valence-corrected chi connectivity index (χ1v) is 8.08. The van der Waals surface area contributed by atoms with Crippen molar-refractivity contribution in [3.8, 4) is 12.3 Å². The van der Waals surface area contributed by atoms with Gasteiger partial charge in [-0.05, 0) is 37.3 Å². The first-order valence-electron chi connectivity index (χ1n) is 8.08. The zero-order valence-electron chi connectivity index (χ0n) is 16.0. The van der Waals surface area contributed by atoms with Crippen LogP contribution in [0.2, 0.25) is 0 Å². The topological polar surface area (TPSA) is 0 Å². The molecule has 22 heavy (non-hydrogen) atoms. The Balaban J connectivity index is -0.000000276. The van der Waals surface area contributed by atoms with Crippen LogP contribution in [-0.2, 0) is 5.41 Å². The molecule has 0 nitrogen and oxygen atoms in total. The predicted octanol–water partition coefficient (Wildman–Crippen LogP) is 7.10. The fourth-order valence-corrected chi connectivity index (χ4v) is 1.29. The van der Waals surface area contributed by atoms with Gasteiger partial charge >= 0.3 is 0 Å². The van der Waals surface area contributed by atoms with Gasteiger partial charge in [0.15, 0.2) is 0 Å². The SMILES string of the molecule is C#CC=C.C/C=C\CC.CC.Cc1ccc(C(C)(C)C)cc1. The highest BCUT2D eigenvalue weighted by molar-refractivity contribution is 5.26. The van der Waals surface area contributed by atoms with E-state index in [0.717, 1.165) is 6.42 Å². The number of allylic oxidation sites excluding steroid dienone is 3. The summed E-state index contributed by atoms with van der Waals surface area (Å²) in [7, 11) is 0. The molecule has 0 aromatic heterocycles. The maximum Gasteiger partial charge on any atom is -0.0132 e. The summed E-state index contributed by atoms with van der Waals surface area (Å²) in [6, 6.07) is 8.74. The Bertz CT molecular complexity index is 405. The van der Waals surface area contributed by atoms with Gasteiger partial charge < -0.3 is 0 Å². The molecule has 0 N–H and O–H groups in total. The summed E-state index contributed by atoms with van der Waals surface area (Å²) in [6.07, 6.45) is 11.4. The molecule has 0 spiro atoms. The van der Waals surface area contributed by atoms with Gasteiger partial charge in [0.25, 0.3) is 0 Å². The smallest absolute Gasteiger partial charge is 0.0132 e. The summed E-state index contributed by atoms with van der Waals surface area (Å²) in [5, 5.41) is 0. The van der Waals surface area contributed by atoms with Crippen LogP contribution in [0.25, 0.3) is 0 Å². The molecule has 0 unspecified atom stereocenters. The van der Waals surface area contributed by atoms with E-state index in [-0.39, 0.29) is 5.41 Å². The Labute approximate surface area is 140 Å². The highest BCUT2D eigenvalue weighted by atomic mass is 14.2. The predicted molar refractivity (Wildman–Crippen MR) is 105 cm³/mol. The Kier molecular flexibility index (Phi) is 19.9. The second-order valence-electron chi connectivity index (χ2n) is 5.46. The van der Waals surface area contributed by atoms with E-state index in [9.17, 15) is 0 Å². The first kappa shape index (κ1) is 25.2. The molecular formula is C22H36. The molecule has 1 rings (SSSR count). The third-order valence-corrected chi connectivity index (χ3v) is 2.51. The lowest BCUT2D eigenvalue weighted by Gasteiger charge is -2.18. The van der Waals surface area contributed by atoms with E-state index >= 15 is 0 Å². The van der Waals surface area contributed by atoms with Gasteiger partial charge in [-0.2, -0.15) is 0 Å². The zero-order chi connectivity index (χ0) is 18.0. The van der Waals surface area contributed by atoms with Crippen molar-refractivity contribution in [1.82, 2.24) is 0 Å². The molecule has 0 saturated heterocycles. The van der Waals surface area contributed by atoms with Crippen LogP contribution in [0.15, 0.2) is 49.1 Å². The van der Waals surface area contributed by atoms with Crippen molar-refractivity contribution < 1.29 is 0 Å². The maximum absolute atomic E-state index is 4.66. The number of hydrogen-bond donors (Lipinski definition) is 0. The molecule has 0 heteroatoms. The van der Waals surface area contributed by atoms with Gasteiger partial charge in [0.2, 0.25) is 0 Å². The lowest BCUT2D eigenvalue weighted by Crippen LogP contribution is -2.10. The number of aryl methyl sites for hydroxylation is 1.